The Morgan fingerprint density at radius 2 is 1.89 bits per heavy atom. The first-order chi connectivity index (χ1) is 9.17. The van der Waals surface area contributed by atoms with E-state index in [4.69, 9.17) is 5.73 Å². The topological polar surface area (TPSA) is 69.2 Å². The highest BCUT2D eigenvalue weighted by atomic mass is 16.6. The maximum atomic E-state index is 11.0. The van der Waals surface area contributed by atoms with Crippen LogP contribution in [0.15, 0.2) is 24.3 Å². The van der Waals surface area contributed by atoms with E-state index in [0.717, 1.165) is 18.4 Å². The molecule has 0 radical (unpaired) electrons. The number of aryl methyl sites for hydroxylation is 1. The zero-order chi connectivity index (χ0) is 13.7. The number of benzene rings is 1. The normalized spacial score (nSPS) is 18.2. The standard InChI is InChI=1S/C15H22N2O2/c16-12-15(9-4-1-5-10-15)11-8-13-6-2-3-7-14(13)17(18)19/h2-3,6-7H,1,4-5,8-12,16H2. The van der Waals surface area contributed by atoms with E-state index < -0.39 is 0 Å². The Morgan fingerprint density at radius 1 is 1.21 bits per heavy atom. The molecule has 0 aliphatic heterocycles. The fourth-order valence-corrected chi connectivity index (χ4v) is 3.16. The molecule has 1 saturated carbocycles. The van der Waals surface area contributed by atoms with E-state index >= 15 is 0 Å². The van der Waals surface area contributed by atoms with E-state index in [1.165, 1.54) is 32.1 Å². The van der Waals surface area contributed by atoms with E-state index in [1.807, 2.05) is 12.1 Å². The number of nitrogens with two attached hydrogens (primary N) is 1. The molecule has 0 spiro atoms. The number of nitrogens with zero attached hydrogens (tertiary/aromatic N) is 1. The van der Waals surface area contributed by atoms with Crippen LogP contribution in [0.5, 0.6) is 0 Å². The van der Waals surface area contributed by atoms with Crippen molar-refractivity contribution >= 4 is 5.69 Å². The number of hydrogen-bond donors (Lipinski definition) is 1. The Hall–Kier alpha value is -1.42. The molecule has 4 heteroatoms. The van der Waals surface area contributed by atoms with Crippen LogP contribution in [0.1, 0.15) is 44.1 Å². The molecule has 0 heterocycles. The second kappa shape index (κ2) is 6.15. The van der Waals surface area contributed by atoms with Gasteiger partial charge in [0, 0.05) is 11.6 Å². The van der Waals surface area contributed by atoms with Crippen LogP contribution in [0, 0.1) is 15.5 Å². The Kier molecular flexibility index (Phi) is 4.53. The molecule has 1 fully saturated rings. The lowest BCUT2D eigenvalue weighted by molar-refractivity contribution is -0.385. The minimum atomic E-state index is -0.286. The van der Waals surface area contributed by atoms with Crippen molar-refractivity contribution in [3.8, 4) is 0 Å². The average Bonchev–Trinajstić information content (AvgIpc) is 2.46. The first-order valence-corrected chi connectivity index (χ1v) is 7.09. The Labute approximate surface area is 114 Å². The van der Waals surface area contributed by atoms with Crippen molar-refractivity contribution in [3.63, 3.8) is 0 Å². The summed E-state index contributed by atoms with van der Waals surface area (Å²) in [5, 5.41) is 11.0. The summed E-state index contributed by atoms with van der Waals surface area (Å²) in [4.78, 5) is 10.7. The van der Waals surface area contributed by atoms with Crippen LogP contribution in [0.2, 0.25) is 0 Å². The summed E-state index contributed by atoms with van der Waals surface area (Å²) in [5.74, 6) is 0. The smallest absolute Gasteiger partial charge is 0.272 e. The molecule has 0 aromatic heterocycles. The first kappa shape index (κ1) is 14.0. The predicted octanol–water partition coefficient (Wildman–Crippen LogP) is 3.44. The quantitative estimate of drug-likeness (QED) is 0.652. The SMILES string of the molecule is NCC1(CCc2ccccc2[N+](=O)[O-])CCCCC1. The third-order valence-electron chi connectivity index (χ3n) is 4.46. The van der Waals surface area contributed by atoms with Gasteiger partial charge in [-0.3, -0.25) is 10.1 Å². The molecule has 2 N–H and O–H groups in total. The monoisotopic (exact) mass is 262 g/mol. The van der Waals surface area contributed by atoms with Gasteiger partial charge < -0.3 is 5.73 Å². The predicted molar refractivity (Wildman–Crippen MR) is 76.0 cm³/mol. The summed E-state index contributed by atoms with van der Waals surface area (Å²) in [6, 6.07) is 7.05. The molecule has 0 saturated heterocycles. The average molecular weight is 262 g/mol. The van der Waals surface area contributed by atoms with Gasteiger partial charge in [-0.15, -0.1) is 0 Å². The van der Waals surface area contributed by atoms with Gasteiger partial charge in [0.2, 0.25) is 0 Å². The van der Waals surface area contributed by atoms with Crippen LogP contribution < -0.4 is 5.73 Å². The molecule has 4 nitrogen and oxygen atoms in total. The number of para-hydroxylation sites is 1. The van der Waals surface area contributed by atoms with Gasteiger partial charge in [-0.2, -0.15) is 0 Å². The van der Waals surface area contributed by atoms with E-state index in [9.17, 15) is 10.1 Å². The van der Waals surface area contributed by atoms with Crippen LogP contribution in [0.25, 0.3) is 0 Å². The fourth-order valence-electron chi connectivity index (χ4n) is 3.16. The third kappa shape index (κ3) is 3.32. The Balaban J connectivity index is 2.07. The highest BCUT2D eigenvalue weighted by Crippen LogP contribution is 2.39. The highest BCUT2D eigenvalue weighted by Gasteiger charge is 2.30. The maximum Gasteiger partial charge on any atom is 0.272 e. The van der Waals surface area contributed by atoms with E-state index in [-0.39, 0.29) is 16.0 Å². The summed E-state index contributed by atoms with van der Waals surface area (Å²) in [7, 11) is 0. The van der Waals surface area contributed by atoms with Crippen molar-refractivity contribution in [3.05, 3.63) is 39.9 Å². The largest absolute Gasteiger partial charge is 0.330 e. The minimum absolute atomic E-state index is 0.210. The molecule has 1 aromatic carbocycles. The van der Waals surface area contributed by atoms with Crippen LogP contribution in [-0.4, -0.2) is 11.5 Å². The summed E-state index contributed by atoms with van der Waals surface area (Å²) in [6.07, 6.45) is 7.85. The Morgan fingerprint density at radius 3 is 2.53 bits per heavy atom. The number of nitro benzene ring substituents is 1. The van der Waals surface area contributed by atoms with Crippen molar-refractivity contribution in [2.24, 2.45) is 11.1 Å². The second-order valence-corrected chi connectivity index (χ2v) is 5.65. The molecule has 0 amide bonds. The molecular formula is C15H22N2O2. The maximum absolute atomic E-state index is 11.0. The third-order valence-corrected chi connectivity index (χ3v) is 4.46. The second-order valence-electron chi connectivity index (χ2n) is 5.65. The van der Waals surface area contributed by atoms with Gasteiger partial charge >= 0.3 is 0 Å². The number of rotatable bonds is 5. The highest BCUT2D eigenvalue weighted by molar-refractivity contribution is 5.39. The molecule has 1 aliphatic rings. The number of nitro groups is 1. The lowest BCUT2D eigenvalue weighted by Gasteiger charge is -2.36. The molecule has 104 valence electrons. The lowest BCUT2D eigenvalue weighted by atomic mass is 9.71. The fraction of sp³-hybridized carbons (Fsp3) is 0.600. The van der Waals surface area contributed by atoms with Crippen LogP contribution in [-0.2, 0) is 6.42 Å². The van der Waals surface area contributed by atoms with Gasteiger partial charge in [-0.1, -0.05) is 37.5 Å². The van der Waals surface area contributed by atoms with Gasteiger partial charge in [0.1, 0.15) is 0 Å². The molecule has 1 aromatic rings. The first-order valence-electron chi connectivity index (χ1n) is 7.09. The van der Waals surface area contributed by atoms with Crippen molar-refractivity contribution in [2.75, 3.05) is 6.54 Å². The lowest BCUT2D eigenvalue weighted by Crippen LogP contribution is -2.33. The molecule has 19 heavy (non-hydrogen) atoms. The van der Waals surface area contributed by atoms with Crippen LogP contribution in [0.4, 0.5) is 5.69 Å². The zero-order valence-electron chi connectivity index (χ0n) is 11.3. The van der Waals surface area contributed by atoms with Crippen molar-refractivity contribution in [2.45, 2.75) is 44.9 Å². The zero-order valence-corrected chi connectivity index (χ0v) is 11.3. The molecule has 2 rings (SSSR count). The van der Waals surface area contributed by atoms with Gasteiger partial charge in [-0.05, 0) is 37.6 Å². The van der Waals surface area contributed by atoms with Crippen molar-refractivity contribution < 1.29 is 4.92 Å². The van der Waals surface area contributed by atoms with Crippen LogP contribution in [0.3, 0.4) is 0 Å². The minimum Gasteiger partial charge on any atom is -0.330 e. The van der Waals surface area contributed by atoms with Gasteiger partial charge in [0.05, 0.1) is 4.92 Å². The van der Waals surface area contributed by atoms with Gasteiger partial charge in [0.15, 0.2) is 0 Å². The summed E-state index contributed by atoms with van der Waals surface area (Å²) < 4.78 is 0. The summed E-state index contributed by atoms with van der Waals surface area (Å²) in [5.41, 5.74) is 7.26. The van der Waals surface area contributed by atoms with E-state index in [1.54, 1.807) is 12.1 Å². The molecule has 1 aliphatic carbocycles. The van der Waals surface area contributed by atoms with Crippen molar-refractivity contribution in [1.29, 1.82) is 0 Å². The van der Waals surface area contributed by atoms with Crippen LogP contribution >= 0.6 is 0 Å². The van der Waals surface area contributed by atoms with Gasteiger partial charge in [-0.25, -0.2) is 0 Å². The summed E-state index contributed by atoms with van der Waals surface area (Å²) in [6.45, 7) is 0.702. The molecule has 0 atom stereocenters. The number of hydrogen-bond acceptors (Lipinski definition) is 3. The van der Waals surface area contributed by atoms with E-state index in [2.05, 4.69) is 0 Å². The molecular weight excluding hydrogens is 240 g/mol. The van der Waals surface area contributed by atoms with Crippen molar-refractivity contribution in [1.82, 2.24) is 0 Å². The molecule has 0 unspecified atom stereocenters. The summed E-state index contributed by atoms with van der Waals surface area (Å²) >= 11 is 0. The van der Waals surface area contributed by atoms with Gasteiger partial charge in [0.25, 0.3) is 5.69 Å². The molecule has 0 bridgehead atoms. The van der Waals surface area contributed by atoms with E-state index in [0.29, 0.717) is 6.54 Å². The Bertz CT molecular complexity index is 440.